The number of carboxylic acid groups (broad SMARTS) is 1. The fourth-order valence-corrected chi connectivity index (χ4v) is 0.665. The summed E-state index contributed by atoms with van der Waals surface area (Å²) >= 11 is 3.69. The molecule has 1 atom stereocenters. The van der Waals surface area contributed by atoms with Crippen molar-refractivity contribution in [2.45, 2.75) is 13.0 Å². The van der Waals surface area contributed by atoms with Gasteiger partial charge in [0.1, 0.15) is 0 Å². The minimum atomic E-state index is -1.31. The van der Waals surface area contributed by atoms with E-state index in [4.69, 9.17) is 0 Å². The Morgan fingerprint density at radius 1 is 1.64 bits per heavy atom. The minimum absolute atomic E-state index is 0. The summed E-state index contributed by atoms with van der Waals surface area (Å²) in [5.41, 5.74) is 0. The Morgan fingerprint density at radius 2 is 2.09 bits per heavy atom. The van der Waals surface area contributed by atoms with Crippen LogP contribution < -0.4 is 61.8 Å². The van der Waals surface area contributed by atoms with E-state index in [0.29, 0.717) is 0 Å². The second-order valence-electron chi connectivity index (χ2n) is 1.75. The molecule has 58 valence electrons. The molecule has 0 aromatic rings. The van der Waals surface area contributed by atoms with Crippen molar-refractivity contribution in [3.63, 3.8) is 0 Å². The topological polar surface area (TPSA) is 69.2 Å². The van der Waals surface area contributed by atoms with Crippen molar-refractivity contribution in [2.75, 3.05) is 5.75 Å². The summed E-state index contributed by atoms with van der Waals surface area (Å²) in [6.07, 6.45) is 0. The van der Waals surface area contributed by atoms with Gasteiger partial charge >= 0.3 is 51.4 Å². The van der Waals surface area contributed by atoms with Gasteiger partial charge in [0, 0.05) is 12.7 Å². The molecule has 0 bridgehead atoms. The van der Waals surface area contributed by atoms with Gasteiger partial charge in [0.25, 0.3) is 0 Å². The summed E-state index contributed by atoms with van der Waals surface area (Å²) in [5.74, 6) is -1.67. The molecule has 1 N–H and O–H groups in total. The zero-order valence-corrected chi connectivity index (χ0v) is 10.5. The Balaban J connectivity index is 0. The van der Waals surface area contributed by atoms with Crippen LogP contribution in [0.5, 0.6) is 0 Å². The monoisotopic (exact) mass is 201 g/mol. The molecule has 1 amide bonds. The molecule has 0 fully saturated rings. The number of carbonyl (C=O) groups is 2. The molecule has 0 unspecified atom stereocenters. The summed E-state index contributed by atoms with van der Waals surface area (Å²) in [6.45, 7) is 1.24. The van der Waals surface area contributed by atoms with Gasteiger partial charge in [0.15, 0.2) is 0 Å². The van der Waals surface area contributed by atoms with Gasteiger partial charge in [-0.15, -0.1) is 0 Å². The predicted octanol–water partition coefficient (Wildman–Crippen LogP) is -4.83. The van der Waals surface area contributed by atoms with E-state index in [0.717, 1.165) is 0 Å². The first-order valence-corrected chi connectivity index (χ1v) is 3.30. The molecule has 6 heteroatoms. The molecule has 11 heavy (non-hydrogen) atoms. The first-order valence-electron chi connectivity index (χ1n) is 2.66. The van der Waals surface area contributed by atoms with Crippen molar-refractivity contribution in [3.05, 3.63) is 0 Å². The smallest absolute Gasteiger partial charge is 0.548 e. The van der Waals surface area contributed by atoms with E-state index in [9.17, 15) is 14.7 Å². The number of hydrogen-bond acceptors (Lipinski definition) is 4. The van der Waals surface area contributed by atoms with Crippen LogP contribution in [0, 0.1) is 0 Å². The zero-order chi connectivity index (χ0) is 8.15. The second kappa shape index (κ2) is 7.57. The molecule has 0 aromatic carbocycles. The summed E-state index contributed by atoms with van der Waals surface area (Å²) in [7, 11) is 0. The maximum absolute atomic E-state index is 10.3. The third-order valence-electron chi connectivity index (χ3n) is 0.845. The maximum atomic E-state index is 10.3. The number of amides is 1. The third-order valence-corrected chi connectivity index (χ3v) is 1.21. The van der Waals surface area contributed by atoms with Crippen LogP contribution in [0.25, 0.3) is 0 Å². The molecule has 0 rings (SSSR count). The van der Waals surface area contributed by atoms with Gasteiger partial charge in [0.2, 0.25) is 5.91 Å². The number of carbonyl (C=O) groups excluding carboxylic acids is 2. The van der Waals surface area contributed by atoms with Gasteiger partial charge in [0.05, 0.1) is 12.0 Å². The van der Waals surface area contributed by atoms with E-state index in [2.05, 4.69) is 17.9 Å². The van der Waals surface area contributed by atoms with Gasteiger partial charge < -0.3 is 15.2 Å². The molecule has 0 spiro atoms. The molecule has 0 saturated heterocycles. The van der Waals surface area contributed by atoms with Crippen molar-refractivity contribution >= 4 is 24.5 Å². The predicted molar refractivity (Wildman–Crippen MR) is 36.5 cm³/mol. The first kappa shape index (κ1) is 14.5. The van der Waals surface area contributed by atoms with Crippen molar-refractivity contribution in [1.29, 1.82) is 0 Å². The number of thiol groups is 1. The standard InChI is InChI=1S/C5H9NO3S.K/c1-3(7)6-4(2-10)5(8)9;/h4,10H,2H2,1H3,(H,6,7)(H,8,9);/q;+1/p-1/t4-;/m0./s1. The Kier molecular flexibility index (Phi) is 9.94. The van der Waals surface area contributed by atoms with Crippen LogP contribution in [-0.4, -0.2) is 23.7 Å². The number of hydrogen-bond donors (Lipinski definition) is 2. The van der Waals surface area contributed by atoms with Crippen molar-refractivity contribution in [3.8, 4) is 0 Å². The Labute approximate surface area is 113 Å². The molecule has 4 nitrogen and oxygen atoms in total. The molecule has 0 aliphatic heterocycles. The number of aliphatic carboxylic acids is 1. The van der Waals surface area contributed by atoms with E-state index < -0.39 is 17.9 Å². The van der Waals surface area contributed by atoms with Gasteiger partial charge in [-0.2, -0.15) is 12.6 Å². The zero-order valence-electron chi connectivity index (χ0n) is 6.46. The summed E-state index contributed by atoms with van der Waals surface area (Å²) in [5, 5.41) is 12.2. The van der Waals surface area contributed by atoms with Crippen LogP contribution in [0.15, 0.2) is 0 Å². The molecule has 0 saturated carbocycles. The molecule has 0 heterocycles. The molecular weight excluding hydrogens is 193 g/mol. The van der Waals surface area contributed by atoms with Crippen LogP contribution in [0.4, 0.5) is 0 Å². The van der Waals surface area contributed by atoms with Crippen LogP contribution in [0.3, 0.4) is 0 Å². The van der Waals surface area contributed by atoms with E-state index in [1.807, 2.05) is 0 Å². The molecular formula is C5H8KNO3S. The van der Waals surface area contributed by atoms with E-state index in [-0.39, 0.29) is 57.1 Å². The summed E-state index contributed by atoms with van der Waals surface area (Å²) in [6, 6.07) is -0.985. The van der Waals surface area contributed by atoms with Crippen molar-refractivity contribution < 1.29 is 66.1 Å². The van der Waals surface area contributed by atoms with E-state index >= 15 is 0 Å². The third kappa shape index (κ3) is 7.29. The SMILES string of the molecule is CC(=O)N[C@@H](CS)C(=O)[O-].[K+]. The average Bonchev–Trinajstić information content (AvgIpc) is 1.81. The fraction of sp³-hybridized carbons (Fsp3) is 0.600. The maximum Gasteiger partial charge on any atom is 1.00 e. The molecule has 0 radical (unpaired) electrons. The molecule has 0 aromatic heterocycles. The van der Waals surface area contributed by atoms with E-state index in [1.165, 1.54) is 6.92 Å². The van der Waals surface area contributed by atoms with Crippen molar-refractivity contribution in [1.82, 2.24) is 5.32 Å². The van der Waals surface area contributed by atoms with Crippen LogP contribution in [0.2, 0.25) is 0 Å². The Bertz CT molecular complexity index is 153. The van der Waals surface area contributed by atoms with Gasteiger partial charge in [-0.1, -0.05) is 0 Å². The van der Waals surface area contributed by atoms with Crippen LogP contribution in [-0.2, 0) is 9.59 Å². The number of nitrogens with one attached hydrogen (secondary N) is 1. The van der Waals surface area contributed by atoms with Crippen molar-refractivity contribution in [2.24, 2.45) is 0 Å². The van der Waals surface area contributed by atoms with Gasteiger partial charge in [-0.3, -0.25) is 4.79 Å². The van der Waals surface area contributed by atoms with E-state index in [1.54, 1.807) is 0 Å². The second-order valence-corrected chi connectivity index (χ2v) is 2.12. The molecule has 0 aliphatic carbocycles. The summed E-state index contributed by atoms with van der Waals surface area (Å²) < 4.78 is 0. The molecule has 0 aliphatic rings. The number of carboxylic acids is 1. The quantitative estimate of drug-likeness (QED) is 0.355. The van der Waals surface area contributed by atoms with Crippen LogP contribution >= 0.6 is 12.6 Å². The summed E-state index contributed by atoms with van der Waals surface area (Å²) in [4.78, 5) is 20.4. The first-order chi connectivity index (χ1) is 4.57. The van der Waals surface area contributed by atoms with Crippen LogP contribution in [0.1, 0.15) is 6.92 Å². The Hall–Kier alpha value is 0.926. The van der Waals surface area contributed by atoms with Gasteiger partial charge in [-0.25, -0.2) is 0 Å². The normalized spacial score (nSPS) is 11.1. The largest absolute Gasteiger partial charge is 1.00 e. The minimum Gasteiger partial charge on any atom is -0.548 e. The average molecular weight is 201 g/mol. The Morgan fingerprint density at radius 3 is 2.18 bits per heavy atom. The van der Waals surface area contributed by atoms with Gasteiger partial charge in [-0.05, 0) is 0 Å². The number of rotatable bonds is 3. The fourth-order valence-electron chi connectivity index (χ4n) is 0.424.